The normalized spacial score (nSPS) is 11.1. The molecule has 5 rings (SSSR count). The van der Waals surface area contributed by atoms with Gasteiger partial charge in [-0.3, -0.25) is 14.3 Å². The number of nitrogens with one attached hydrogen (secondary N) is 2. The molecule has 2 amide bonds. The Balaban J connectivity index is 1.59. The van der Waals surface area contributed by atoms with Crippen molar-refractivity contribution in [3.8, 4) is 16.9 Å². The van der Waals surface area contributed by atoms with Crippen LogP contribution in [0.5, 0.6) is 5.75 Å². The number of allylic oxidation sites excluding steroid dienone is 2. The van der Waals surface area contributed by atoms with Crippen LogP contribution in [0.15, 0.2) is 102 Å². The van der Waals surface area contributed by atoms with Gasteiger partial charge in [0.2, 0.25) is 0 Å². The van der Waals surface area contributed by atoms with Crippen LogP contribution in [0.4, 0.5) is 16.2 Å². The fourth-order valence-electron chi connectivity index (χ4n) is 5.67. The van der Waals surface area contributed by atoms with Crippen LogP contribution in [-0.2, 0) is 13.0 Å². The molecule has 8 heteroatoms. The Morgan fingerprint density at radius 3 is 2.28 bits per heavy atom. The van der Waals surface area contributed by atoms with Crippen molar-refractivity contribution < 1.29 is 9.53 Å². The molecule has 0 fully saturated rings. The SMILES string of the molecule is CC(C)=CCn1c(=O)c(NC(=O)Nc2c(C(C)C)cccc2C(C)C)c(-c2cccc(OCCc3cccnc3)c2)c2cccnc21. The quantitative estimate of drug-likeness (QED) is 0.142. The Labute approximate surface area is 276 Å². The topological polar surface area (TPSA) is 98.1 Å². The summed E-state index contributed by atoms with van der Waals surface area (Å²) < 4.78 is 7.75. The second-order valence-electron chi connectivity index (χ2n) is 12.5. The van der Waals surface area contributed by atoms with Crippen LogP contribution in [0.3, 0.4) is 0 Å². The van der Waals surface area contributed by atoms with Crippen LogP contribution in [0.2, 0.25) is 0 Å². The fraction of sp³-hybridized carbons (Fsp3) is 0.282. The van der Waals surface area contributed by atoms with Gasteiger partial charge in [-0.2, -0.15) is 0 Å². The van der Waals surface area contributed by atoms with E-state index >= 15 is 0 Å². The van der Waals surface area contributed by atoms with Crippen LogP contribution in [0, 0.1) is 0 Å². The van der Waals surface area contributed by atoms with Gasteiger partial charge in [0.25, 0.3) is 5.56 Å². The zero-order valence-electron chi connectivity index (χ0n) is 28.0. The summed E-state index contributed by atoms with van der Waals surface area (Å²) in [6.07, 6.45) is 7.94. The number of rotatable bonds is 11. The molecule has 0 aliphatic rings. The molecule has 0 atom stereocenters. The summed E-state index contributed by atoms with van der Waals surface area (Å²) >= 11 is 0. The highest BCUT2D eigenvalue weighted by Crippen LogP contribution is 2.36. The molecule has 8 nitrogen and oxygen atoms in total. The zero-order chi connectivity index (χ0) is 33.5. The lowest BCUT2D eigenvalue weighted by atomic mass is 9.93. The van der Waals surface area contributed by atoms with Gasteiger partial charge < -0.3 is 15.4 Å². The number of urea groups is 1. The molecule has 0 saturated heterocycles. The molecule has 0 saturated carbocycles. The van der Waals surface area contributed by atoms with Crippen molar-refractivity contribution in [1.82, 2.24) is 14.5 Å². The molecule has 0 bridgehead atoms. The third kappa shape index (κ3) is 7.77. The molecule has 0 aliphatic heterocycles. The smallest absolute Gasteiger partial charge is 0.323 e. The highest BCUT2D eigenvalue weighted by molar-refractivity contribution is 6.07. The van der Waals surface area contributed by atoms with E-state index in [0.717, 1.165) is 38.9 Å². The number of fused-ring (bicyclic) bond motifs is 1. The van der Waals surface area contributed by atoms with Crippen LogP contribution in [0.25, 0.3) is 22.2 Å². The molecule has 5 aromatic rings. The van der Waals surface area contributed by atoms with E-state index in [0.29, 0.717) is 36.5 Å². The first-order valence-electron chi connectivity index (χ1n) is 16.1. The summed E-state index contributed by atoms with van der Waals surface area (Å²) in [6.45, 7) is 13.2. The van der Waals surface area contributed by atoms with E-state index in [1.807, 2.05) is 92.9 Å². The van der Waals surface area contributed by atoms with Gasteiger partial charge in [-0.15, -0.1) is 0 Å². The van der Waals surface area contributed by atoms with Crippen LogP contribution >= 0.6 is 0 Å². The maximum absolute atomic E-state index is 14.4. The Hall–Kier alpha value is -5.24. The van der Waals surface area contributed by atoms with Gasteiger partial charge in [0, 0.05) is 48.2 Å². The van der Waals surface area contributed by atoms with Crippen molar-refractivity contribution in [2.75, 3.05) is 17.2 Å². The molecule has 0 unspecified atom stereocenters. The average Bonchev–Trinajstić information content (AvgIpc) is 3.05. The lowest BCUT2D eigenvalue weighted by Gasteiger charge is -2.21. The van der Waals surface area contributed by atoms with E-state index in [9.17, 15) is 9.59 Å². The van der Waals surface area contributed by atoms with Gasteiger partial charge in [0.15, 0.2) is 0 Å². The van der Waals surface area contributed by atoms with Crippen LogP contribution < -0.4 is 20.9 Å². The van der Waals surface area contributed by atoms with Gasteiger partial charge >= 0.3 is 6.03 Å². The third-order valence-corrected chi connectivity index (χ3v) is 8.06. The minimum Gasteiger partial charge on any atom is -0.493 e. The Morgan fingerprint density at radius 2 is 1.60 bits per heavy atom. The molecule has 0 spiro atoms. The van der Waals surface area contributed by atoms with Crippen molar-refractivity contribution >= 4 is 28.4 Å². The predicted octanol–water partition coefficient (Wildman–Crippen LogP) is 8.94. The van der Waals surface area contributed by atoms with E-state index in [1.165, 1.54) is 0 Å². The van der Waals surface area contributed by atoms with Crippen LogP contribution in [-0.4, -0.2) is 27.2 Å². The molecular weight excluding hydrogens is 586 g/mol. The van der Waals surface area contributed by atoms with Gasteiger partial charge in [-0.1, -0.05) is 75.7 Å². The Bertz CT molecular complexity index is 1930. The number of nitrogens with zero attached hydrogens (tertiary/aromatic N) is 3. The summed E-state index contributed by atoms with van der Waals surface area (Å²) in [5, 5.41) is 6.83. The van der Waals surface area contributed by atoms with Gasteiger partial charge in [-0.05, 0) is 78.3 Å². The second-order valence-corrected chi connectivity index (χ2v) is 12.5. The standard InChI is InChI=1S/C39H43N5O3/c1-25(2)17-21-44-37-33(16-10-20-41-37)34(29-12-7-13-30(23-29)47-22-18-28-11-9-19-40-24-28)36(38(44)45)43-39(46)42-35-31(26(3)4)14-8-15-32(35)27(5)6/h7-17,19-20,23-24,26-27H,18,21-22H2,1-6H3,(H2,42,43,46). The highest BCUT2D eigenvalue weighted by Gasteiger charge is 2.22. The van der Waals surface area contributed by atoms with Gasteiger partial charge in [0.05, 0.1) is 6.61 Å². The van der Waals surface area contributed by atoms with Crippen molar-refractivity contribution in [3.63, 3.8) is 0 Å². The molecule has 242 valence electrons. The number of carbonyl (C=O) groups is 1. The lowest BCUT2D eigenvalue weighted by Crippen LogP contribution is -2.30. The summed E-state index contributed by atoms with van der Waals surface area (Å²) in [5.41, 5.74) is 6.66. The summed E-state index contributed by atoms with van der Waals surface area (Å²) in [7, 11) is 0. The third-order valence-electron chi connectivity index (χ3n) is 8.06. The number of anilines is 2. The number of para-hydroxylation sites is 1. The number of hydrogen-bond donors (Lipinski definition) is 2. The van der Waals surface area contributed by atoms with Crippen LogP contribution in [0.1, 0.15) is 70.1 Å². The van der Waals surface area contributed by atoms with E-state index in [2.05, 4.69) is 48.3 Å². The minimum atomic E-state index is -0.487. The van der Waals surface area contributed by atoms with Crippen molar-refractivity contribution in [1.29, 1.82) is 0 Å². The molecule has 3 aromatic heterocycles. The predicted molar refractivity (Wildman–Crippen MR) is 192 cm³/mol. The summed E-state index contributed by atoms with van der Waals surface area (Å²) in [6, 6.07) is 20.9. The molecule has 3 heterocycles. The molecule has 2 aromatic carbocycles. The first-order chi connectivity index (χ1) is 22.6. The first-order valence-corrected chi connectivity index (χ1v) is 16.1. The maximum atomic E-state index is 14.4. The lowest BCUT2D eigenvalue weighted by molar-refractivity contribution is 0.262. The largest absolute Gasteiger partial charge is 0.493 e. The molecular formula is C39H43N5O3. The Kier molecular flexibility index (Phi) is 10.5. The highest BCUT2D eigenvalue weighted by atomic mass is 16.5. The summed E-state index contributed by atoms with van der Waals surface area (Å²) in [5.74, 6) is 1.03. The second kappa shape index (κ2) is 14.9. The fourth-order valence-corrected chi connectivity index (χ4v) is 5.67. The van der Waals surface area contributed by atoms with E-state index in [4.69, 9.17) is 4.74 Å². The molecule has 0 radical (unpaired) electrons. The number of benzene rings is 2. The van der Waals surface area contributed by atoms with Gasteiger partial charge in [0.1, 0.15) is 17.1 Å². The number of amides is 2. The van der Waals surface area contributed by atoms with E-state index in [1.54, 1.807) is 17.0 Å². The van der Waals surface area contributed by atoms with E-state index in [-0.39, 0.29) is 23.1 Å². The van der Waals surface area contributed by atoms with Crippen molar-refractivity contribution in [2.24, 2.45) is 0 Å². The number of pyridine rings is 3. The summed E-state index contributed by atoms with van der Waals surface area (Å²) in [4.78, 5) is 37.1. The van der Waals surface area contributed by atoms with Gasteiger partial charge in [-0.25, -0.2) is 9.78 Å². The minimum absolute atomic E-state index is 0.172. The molecule has 2 N–H and O–H groups in total. The number of ether oxygens (including phenoxy) is 1. The van der Waals surface area contributed by atoms with E-state index < -0.39 is 6.03 Å². The monoisotopic (exact) mass is 629 g/mol. The molecule has 47 heavy (non-hydrogen) atoms. The zero-order valence-corrected chi connectivity index (χ0v) is 28.0. The first kappa shape index (κ1) is 33.1. The average molecular weight is 630 g/mol. The van der Waals surface area contributed by atoms with Crippen molar-refractivity contribution in [2.45, 2.75) is 66.3 Å². The Morgan fingerprint density at radius 1 is 0.894 bits per heavy atom. The maximum Gasteiger partial charge on any atom is 0.323 e. The number of aromatic nitrogens is 3. The number of hydrogen-bond acceptors (Lipinski definition) is 5. The van der Waals surface area contributed by atoms with Crippen molar-refractivity contribution in [3.05, 3.63) is 124 Å². The number of carbonyl (C=O) groups excluding carboxylic acids is 1. The molecule has 0 aliphatic carbocycles.